The molecule has 1 aromatic rings. The molecule has 1 N–H and O–H groups in total. The maximum Gasteiger partial charge on any atom is 0.407 e. The van der Waals surface area contributed by atoms with Crippen LogP contribution in [-0.4, -0.2) is 40.1 Å². The predicted octanol–water partition coefficient (Wildman–Crippen LogP) is 1.62. The number of carbonyl (C=O) groups excluding carboxylic acids is 2. The average molecular weight is 322 g/mol. The summed E-state index contributed by atoms with van der Waals surface area (Å²) in [7, 11) is 0. The maximum absolute atomic E-state index is 12.1. The summed E-state index contributed by atoms with van der Waals surface area (Å²) in [5.41, 5.74) is -0.631. The van der Waals surface area contributed by atoms with Crippen LogP contribution in [0.25, 0.3) is 0 Å². The van der Waals surface area contributed by atoms with Gasteiger partial charge in [0.15, 0.2) is 0 Å². The van der Waals surface area contributed by atoms with Crippen LogP contribution in [0.2, 0.25) is 0 Å². The van der Waals surface area contributed by atoms with Crippen molar-refractivity contribution >= 4 is 23.6 Å². The fourth-order valence-electron chi connectivity index (χ4n) is 2.16. The Hall–Kier alpha value is -2.71. The molecule has 2 amide bonds. The number of nitrogens with zero attached hydrogens (tertiary/aromatic N) is 3. The second-order valence-electron chi connectivity index (χ2n) is 6.16. The molecule has 9 heteroatoms. The number of carbonyl (C=O) groups is 2. The van der Waals surface area contributed by atoms with Crippen molar-refractivity contribution in [3.05, 3.63) is 28.3 Å². The van der Waals surface area contributed by atoms with E-state index in [0.29, 0.717) is 0 Å². The molecule has 2 rings (SSSR count). The van der Waals surface area contributed by atoms with Crippen molar-refractivity contribution in [2.45, 2.75) is 38.8 Å². The monoisotopic (exact) mass is 322 g/mol. The first kappa shape index (κ1) is 16.7. The number of amides is 2. The van der Waals surface area contributed by atoms with Crippen molar-refractivity contribution < 1.29 is 19.2 Å². The summed E-state index contributed by atoms with van der Waals surface area (Å²) >= 11 is 0. The van der Waals surface area contributed by atoms with Gasteiger partial charge in [0, 0.05) is 18.6 Å². The molecule has 1 saturated heterocycles. The van der Waals surface area contributed by atoms with E-state index in [2.05, 4.69) is 10.3 Å². The van der Waals surface area contributed by atoms with Gasteiger partial charge in [-0.3, -0.25) is 9.69 Å². The molecule has 0 saturated carbocycles. The van der Waals surface area contributed by atoms with Gasteiger partial charge in [-0.2, -0.15) is 0 Å². The summed E-state index contributed by atoms with van der Waals surface area (Å²) in [5.74, 6) is -0.407. The summed E-state index contributed by atoms with van der Waals surface area (Å²) in [6.45, 7) is 5.41. The molecular weight excluding hydrogens is 304 g/mol. The van der Waals surface area contributed by atoms with Crippen molar-refractivity contribution in [3.63, 3.8) is 0 Å². The highest BCUT2D eigenvalue weighted by atomic mass is 16.6. The van der Waals surface area contributed by atoms with Crippen molar-refractivity contribution in [3.8, 4) is 0 Å². The van der Waals surface area contributed by atoms with E-state index in [1.54, 1.807) is 20.8 Å². The number of nitrogens with one attached hydrogen (secondary N) is 1. The van der Waals surface area contributed by atoms with E-state index in [1.807, 2.05) is 0 Å². The fourth-order valence-corrected chi connectivity index (χ4v) is 2.16. The highest BCUT2D eigenvalue weighted by Gasteiger charge is 2.35. The largest absolute Gasteiger partial charge is 0.444 e. The molecule has 1 fully saturated rings. The number of hydrogen-bond acceptors (Lipinski definition) is 6. The van der Waals surface area contributed by atoms with Crippen LogP contribution < -0.4 is 10.2 Å². The van der Waals surface area contributed by atoms with E-state index >= 15 is 0 Å². The number of alkyl carbamates (subject to hydrolysis) is 1. The van der Waals surface area contributed by atoms with Crippen LogP contribution in [0, 0.1) is 10.1 Å². The zero-order valence-electron chi connectivity index (χ0n) is 13.1. The minimum Gasteiger partial charge on any atom is -0.444 e. The Bertz CT molecular complexity index is 640. The van der Waals surface area contributed by atoms with Gasteiger partial charge in [-0.05, 0) is 36.7 Å². The topological polar surface area (TPSA) is 115 Å². The van der Waals surface area contributed by atoms with E-state index in [-0.39, 0.29) is 30.5 Å². The van der Waals surface area contributed by atoms with E-state index in [0.717, 1.165) is 0 Å². The lowest BCUT2D eigenvalue weighted by Gasteiger charge is -2.21. The SMILES string of the molecule is CC(C)(C)OC(=O)NC1CC(=O)N(c2cccc([N+](=O)[O-])n2)C1. The molecular formula is C14H18N4O5. The van der Waals surface area contributed by atoms with Crippen LogP contribution in [0.1, 0.15) is 27.2 Å². The molecule has 0 aromatic carbocycles. The third-order valence-corrected chi connectivity index (χ3v) is 3.03. The molecule has 2 heterocycles. The average Bonchev–Trinajstić information content (AvgIpc) is 2.77. The Morgan fingerprint density at radius 3 is 2.78 bits per heavy atom. The van der Waals surface area contributed by atoms with Crippen molar-refractivity contribution in [2.75, 3.05) is 11.4 Å². The molecule has 0 radical (unpaired) electrons. The normalized spacial score (nSPS) is 18.0. The van der Waals surface area contributed by atoms with Gasteiger partial charge in [-0.1, -0.05) is 0 Å². The van der Waals surface area contributed by atoms with Gasteiger partial charge in [0.1, 0.15) is 5.60 Å². The van der Waals surface area contributed by atoms with Gasteiger partial charge in [0.05, 0.1) is 12.6 Å². The second kappa shape index (κ2) is 6.19. The number of nitro groups is 1. The highest BCUT2D eigenvalue weighted by molar-refractivity contribution is 5.95. The lowest BCUT2D eigenvalue weighted by molar-refractivity contribution is -0.389. The van der Waals surface area contributed by atoms with Crippen LogP contribution in [0.5, 0.6) is 0 Å². The van der Waals surface area contributed by atoms with Crippen LogP contribution >= 0.6 is 0 Å². The predicted molar refractivity (Wildman–Crippen MR) is 81.0 cm³/mol. The van der Waals surface area contributed by atoms with E-state index in [4.69, 9.17) is 4.74 Å². The summed E-state index contributed by atoms with van der Waals surface area (Å²) in [4.78, 5) is 39.1. The molecule has 1 unspecified atom stereocenters. The maximum atomic E-state index is 12.1. The molecule has 0 aliphatic carbocycles. The molecule has 1 aliphatic rings. The Balaban J connectivity index is 2.04. The van der Waals surface area contributed by atoms with E-state index in [1.165, 1.54) is 23.1 Å². The van der Waals surface area contributed by atoms with Gasteiger partial charge in [0.25, 0.3) is 0 Å². The van der Waals surface area contributed by atoms with Crippen molar-refractivity contribution in [1.82, 2.24) is 10.3 Å². The van der Waals surface area contributed by atoms with Gasteiger partial charge in [-0.15, -0.1) is 0 Å². The van der Waals surface area contributed by atoms with Crippen molar-refractivity contribution in [2.24, 2.45) is 0 Å². The van der Waals surface area contributed by atoms with Gasteiger partial charge < -0.3 is 20.2 Å². The Kier molecular flexibility index (Phi) is 4.48. The van der Waals surface area contributed by atoms with Gasteiger partial charge in [0.2, 0.25) is 11.7 Å². The first-order valence-electron chi connectivity index (χ1n) is 7.07. The Morgan fingerprint density at radius 1 is 1.48 bits per heavy atom. The number of anilines is 1. The van der Waals surface area contributed by atoms with Crippen LogP contribution in [0.3, 0.4) is 0 Å². The van der Waals surface area contributed by atoms with Crippen LogP contribution in [0.15, 0.2) is 18.2 Å². The fraction of sp³-hybridized carbons (Fsp3) is 0.500. The summed E-state index contributed by atoms with van der Waals surface area (Å²) < 4.78 is 5.14. The summed E-state index contributed by atoms with van der Waals surface area (Å²) in [6.07, 6.45) is -0.520. The Labute approximate surface area is 132 Å². The Morgan fingerprint density at radius 2 is 2.17 bits per heavy atom. The number of pyridine rings is 1. The number of aromatic nitrogens is 1. The van der Waals surface area contributed by atoms with Gasteiger partial charge in [-0.25, -0.2) is 4.79 Å². The lowest BCUT2D eigenvalue weighted by atomic mass is 10.2. The summed E-state index contributed by atoms with van der Waals surface area (Å²) in [6, 6.07) is 3.79. The standard InChI is InChI=1S/C14H18N4O5/c1-14(2,3)23-13(20)15-9-7-12(19)17(8-9)10-5-4-6-11(16-10)18(21)22/h4-6,9H,7-8H2,1-3H3,(H,15,20). The minimum absolute atomic E-state index is 0.0869. The van der Waals surface area contributed by atoms with Crippen molar-refractivity contribution in [1.29, 1.82) is 0 Å². The van der Waals surface area contributed by atoms with Crippen LogP contribution in [-0.2, 0) is 9.53 Å². The minimum atomic E-state index is -0.631. The number of hydrogen-bond donors (Lipinski definition) is 1. The smallest absolute Gasteiger partial charge is 0.407 e. The third kappa shape index (κ3) is 4.38. The molecule has 1 aliphatic heterocycles. The third-order valence-electron chi connectivity index (χ3n) is 3.03. The summed E-state index contributed by atoms with van der Waals surface area (Å²) in [5, 5.41) is 13.4. The molecule has 124 valence electrons. The molecule has 1 aromatic heterocycles. The second-order valence-corrected chi connectivity index (χ2v) is 6.16. The first-order valence-corrected chi connectivity index (χ1v) is 7.07. The first-order chi connectivity index (χ1) is 10.7. The number of ether oxygens (including phenoxy) is 1. The molecule has 23 heavy (non-hydrogen) atoms. The molecule has 0 bridgehead atoms. The molecule has 9 nitrogen and oxygen atoms in total. The highest BCUT2D eigenvalue weighted by Crippen LogP contribution is 2.22. The molecule has 0 spiro atoms. The lowest BCUT2D eigenvalue weighted by Crippen LogP contribution is -2.40. The zero-order chi connectivity index (χ0) is 17.2. The number of rotatable bonds is 3. The zero-order valence-corrected chi connectivity index (χ0v) is 13.1. The van der Waals surface area contributed by atoms with E-state index in [9.17, 15) is 19.7 Å². The van der Waals surface area contributed by atoms with Gasteiger partial charge >= 0.3 is 11.9 Å². The quantitative estimate of drug-likeness (QED) is 0.668. The van der Waals surface area contributed by atoms with E-state index < -0.39 is 22.7 Å². The van der Waals surface area contributed by atoms with Crippen LogP contribution in [0.4, 0.5) is 16.4 Å². The molecule has 1 atom stereocenters.